The first-order chi connectivity index (χ1) is 12.5. The van der Waals surface area contributed by atoms with Gasteiger partial charge in [0.25, 0.3) is 5.91 Å². The monoisotopic (exact) mass is 350 g/mol. The van der Waals surface area contributed by atoms with Crippen LogP contribution < -0.4 is 14.8 Å². The van der Waals surface area contributed by atoms with Crippen LogP contribution in [0.25, 0.3) is 22.2 Å². The number of benzene rings is 2. The molecule has 0 spiro atoms. The molecule has 0 saturated heterocycles. The molecule has 3 aromatic rings. The second-order valence-corrected chi connectivity index (χ2v) is 6.27. The van der Waals surface area contributed by atoms with Crippen molar-refractivity contribution in [2.75, 3.05) is 14.2 Å². The van der Waals surface area contributed by atoms with Crippen molar-refractivity contribution in [3.63, 3.8) is 0 Å². The number of fused-ring (bicyclic) bond motifs is 1. The number of rotatable bonds is 5. The normalized spacial score (nSPS) is 10.8. The highest BCUT2D eigenvalue weighted by atomic mass is 16.5. The van der Waals surface area contributed by atoms with E-state index < -0.39 is 0 Å². The van der Waals surface area contributed by atoms with E-state index in [0.717, 1.165) is 16.5 Å². The second kappa shape index (κ2) is 7.44. The van der Waals surface area contributed by atoms with Gasteiger partial charge in [-0.25, -0.2) is 4.98 Å². The number of hydrogen-bond donors (Lipinski definition) is 1. The number of aromatic nitrogens is 1. The Hall–Kier alpha value is -3.08. The van der Waals surface area contributed by atoms with Gasteiger partial charge in [-0.05, 0) is 38.1 Å². The van der Waals surface area contributed by atoms with E-state index in [-0.39, 0.29) is 11.9 Å². The van der Waals surface area contributed by atoms with Crippen LogP contribution in [0.4, 0.5) is 0 Å². The van der Waals surface area contributed by atoms with Gasteiger partial charge in [-0.1, -0.05) is 18.2 Å². The highest BCUT2D eigenvalue weighted by Crippen LogP contribution is 2.34. The molecule has 0 atom stereocenters. The van der Waals surface area contributed by atoms with Gasteiger partial charge in [0.1, 0.15) is 11.5 Å². The average Bonchev–Trinajstić information content (AvgIpc) is 2.65. The Balaban J connectivity index is 2.20. The summed E-state index contributed by atoms with van der Waals surface area (Å²) in [7, 11) is 3.21. The maximum atomic E-state index is 12.7. The average molecular weight is 350 g/mol. The summed E-state index contributed by atoms with van der Waals surface area (Å²) >= 11 is 0. The molecule has 0 radical (unpaired) electrons. The number of para-hydroxylation sites is 1. The SMILES string of the molecule is COc1ccc(-c2cc(C(=O)NC(C)C)c3ccccc3n2)c(OC)c1. The fourth-order valence-electron chi connectivity index (χ4n) is 2.85. The molecule has 1 N–H and O–H groups in total. The topological polar surface area (TPSA) is 60.5 Å². The lowest BCUT2D eigenvalue weighted by molar-refractivity contribution is 0.0944. The van der Waals surface area contributed by atoms with Crippen LogP contribution in [-0.4, -0.2) is 31.2 Å². The number of hydrogen-bond acceptors (Lipinski definition) is 4. The molecule has 5 nitrogen and oxygen atoms in total. The minimum Gasteiger partial charge on any atom is -0.497 e. The molecule has 1 aromatic heterocycles. The zero-order valence-corrected chi connectivity index (χ0v) is 15.4. The summed E-state index contributed by atoms with van der Waals surface area (Å²) in [6.07, 6.45) is 0. The molecule has 0 aliphatic carbocycles. The van der Waals surface area contributed by atoms with E-state index in [1.165, 1.54) is 0 Å². The third kappa shape index (κ3) is 3.47. The largest absolute Gasteiger partial charge is 0.497 e. The maximum absolute atomic E-state index is 12.7. The minimum absolute atomic E-state index is 0.0494. The Bertz CT molecular complexity index is 951. The Morgan fingerprint density at radius 1 is 1.04 bits per heavy atom. The first-order valence-electron chi connectivity index (χ1n) is 8.46. The van der Waals surface area contributed by atoms with Crippen LogP contribution >= 0.6 is 0 Å². The van der Waals surface area contributed by atoms with E-state index in [2.05, 4.69) is 5.32 Å². The van der Waals surface area contributed by atoms with Crippen LogP contribution in [0.15, 0.2) is 48.5 Å². The molecule has 0 bridgehead atoms. The molecule has 26 heavy (non-hydrogen) atoms. The number of ether oxygens (including phenoxy) is 2. The molecule has 0 saturated carbocycles. The number of pyridine rings is 1. The Morgan fingerprint density at radius 2 is 1.81 bits per heavy atom. The van der Waals surface area contributed by atoms with Gasteiger partial charge in [0.05, 0.1) is 31.0 Å². The van der Waals surface area contributed by atoms with E-state index in [1.807, 2.05) is 56.3 Å². The van der Waals surface area contributed by atoms with E-state index in [4.69, 9.17) is 14.5 Å². The third-order valence-corrected chi connectivity index (χ3v) is 4.07. The van der Waals surface area contributed by atoms with E-state index in [0.29, 0.717) is 22.8 Å². The highest BCUT2D eigenvalue weighted by molar-refractivity contribution is 6.07. The minimum atomic E-state index is -0.118. The molecule has 0 unspecified atom stereocenters. The Morgan fingerprint density at radius 3 is 2.50 bits per heavy atom. The zero-order chi connectivity index (χ0) is 18.7. The van der Waals surface area contributed by atoms with Crippen molar-refractivity contribution in [1.29, 1.82) is 0 Å². The number of carbonyl (C=O) groups excluding carboxylic acids is 1. The fraction of sp³-hybridized carbons (Fsp3) is 0.238. The summed E-state index contributed by atoms with van der Waals surface area (Å²) in [5, 5.41) is 3.78. The van der Waals surface area contributed by atoms with Crippen LogP contribution in [0, 0.1) is 0 Å². The Labute approximate surface area is 153 Å². The van der Waals surface area contributed by atoms with Crippen molar-refractivity contribution in [2.24, 2.45) is 0 Å². The number of methoxy groups -OCH3 is 2. The van der Waals surface area contributed by atoms with E-state index in [1.54, 1.807) is 20.3 Å². The van der Waals surface area contributed by atoms with Gasteiger partial charge in [0.15, 0.2) is 0 Å². The predicted molar refractivity (Wildman–Crippen MR) is 103 cm³/mol. The molecule has 134 valence electrons. The lowest BCUT2D eigenvalue weighted by Crippen LogP contribution is -2.30. The quantitative estimate of drug-likeness (QED) is 0.754. The fourth-order valence-corrected chi connectivity index (χ4v) is 2.85. The zero-order valence-electron chi connectivity index (χ0n) is 15.4. The predicted octanol–water partition coefficient (Wildman–Crippen LogP) is 4.06. The van der Waals surface area contributed by atoms with Gasteiger partial charge < -0.3 is 14.8 Å². The lowest BCUT2D eigenvalue weighted by atomic mass is 10.0. The van der Waals surface area contributed by atoms with Gasteiger partial charge in [0.2, 0.25) is 0 Å². The van der Waals surface area contributed by atoms with Crippen molar-refractivity contribution < 1.29 is 14.3 Å². The molecule has 5 heteroatoms. The molecule has 3 rings (SSSR count). The molecule has 1 heterocycles. The van der Waals surface area contributed by atoms with Crippen molar-refractivity contribution in [3.05, 3.63) is 54.1 Å². The standard InChI is InChI=1S/C21H22N2O3/c1-13(2)22-21(24)17-12-19(23-18-8-6-5-7-15(17)18)16-10-9-14(25-3)11-20(16)26-4/h5-13H,1-4H3,(H,22,24). The van der Waals surface area contributed by atoms with E-state index >= 15 is 0 Å². The van der Waals surface area contributed by atoms with Crippen molar-refractivity contribution in [2.45, 2.75) is 19.9 Å². The van der Waals surface area contributed by atoms with Crippen LogP contribution in [0.3, 0.4) is 0 Å². The summed E-state index contributed by atoms with van der Waals surface area (Å²) in [4.78, 5) is 17.4. The van der Waals surface area contributed by atoms with Crippen molar-refractivity contribution in [1.82, 2.24) is 10.3 Å². The van der Waals surface area contributed by atoms with Crippen LogP contribution in [0.5, 0.6) is 11.5 Å². The lowest BCUT2D eigenvalue weighted by Gasteiger charge is -2.14. The molecule has 2 aromatic carbocycles. The number of carbonyl (C=O) groups is 1. The van der Waals surface area contributed by atoms with Gasteiger partial charge in [-0.3, -0.25) is 4.79 Å². The van der Waals surface area contributed by atoms with Crippen LogP contribution in [0.1, 0.15) is 24.2 Å². The molecular weight excluding hydrogens is 328 g/mol. The summed E-state index contributed by atoms with van der Waals surface area (Å²) in [6, 6.07) is 15.0. The molecule has 0 aliphatic heterocycles. The van der Waals surface area contributed by atoms with Crippen molar-refractivity contribution >= 4 is 16.8 Å². The molecule has 0 aliphatic rings. The summed E-state index contributed by atoms with van der Waals surface area (Å²) in [5.41, 5.74) is 2.84. The summed E-state index contributed by atoms with van der Waals surface area (Å²) < 4.78 is 10.8. The number of nitrogens with zero attached hydrogens (tertiary/aromatic N) is 1. The number of amides is 1. The third-order valence-electron chi connectivity index (χ3n) is 4.07. The first-order valence-corrected chi connectivity index (χ1v) is 8.46. The summed E-state index contributed by atoms with van der Waals surface area (Å²) in [5.74, 6) is 1.22. The first kappa shape index (κ1) is 17.7. The summed E-state index contributed by atoms with van der Waals surface area (Å²) in [6.45, 7) is 3.88. The second-order valence-electron chi connectivity index (χ2n) is 6.27. The van der Waals surface area contributed by atoms with Gasteiger partial charge in [-0.2, -0.15) is 0 Å². The highest BCUT2D eigenvalue weighted by Gasteiger charge is 2.16. The number of nitrogens with one attached hydrogen (secondary N) is 1. The molecule has 0 fully saturated rings. The van der Waals surface area contributed by atoms with E-state index in [9.17, 15) is 4.79 Å². The van der Waals surface area contributed by atoms with Gasteiger partial charge in [-0.15, -0.1) is 0 Å². The Kier molecular flexibility index (Phi) is 5.07. The van der Waals surface area contributed by atoms with Crippen molar-refractivity contribution in [3.8, 4) is 22.8 Å². The molecular formula is C21H22N2O3. The van der Waals surface area contributed by atoms with Gasteiger partial charge in [0, 0.05) is 23.1 Å². The van der Waals surface area contributed by atoms with Gasteiger partial charge >= 0.3 is 0 Å². The van der Waals surface area contributed by atoms with Crippen LogP contribution in [0.2, 0.25) is 0 Å². The van der Waals surface area contributed by atoms with Crippen LogP contribution in [-0.2, 0) is 0 Å². The maximum Gasteiger partial charge on any atom is 0.252 e. The smallest absolute Gasteiger partial charge is 0.252 e. The molecule has 1 amide bonds.